The zero-order chi connectivity index (χ0) is 22.5. The summed E-state index contributed by atoms with van der Waals surface area (Å²) in [5.41, 5.74) is 3.60. The molecule has 3 aromatic carbocycles. The van der Waals surface area contributed by atoms with E-state index in [0.29, 0.717) is 29.3 Å². The lowest BCUT2D eigenvalue weighted by Gasteiger charge is -2.17. The Kier molecular flexibility index (Phi) is 6.17. The molecule has 0 aliphatic carbocycles. The van der Waals surface area contributed by atoms with Gasteiger partial charge >= 0.3 is 5.97 Å². The van der Waals surface area contributed by atoms with Crippen LogP contribution in [0.25, 0.3) is 6.08 Å². The molecule has 1 aliphatic heterocycles. The van der Waals surface area contributed by atoms with Crippen LogP contribution in [0.15, 0.2) is 102 Å². The number of carbonyl (C=O) groups excluding carboxylic acids is 2. The number of esters is 1. The second-order valence-corrected chi connectivity index (χ2v) is 7.33. The second-order valence-electron chi connectivity index (χ2n) is 7.33. The predicted octanol–water partition coefficient (Wildman–Crippen LogP) is 5.14. The number of hydrogen-bond acceptors (Lipinski definition) is 4. The lowest BCUT2D eigenvalue weighted by atomic mass is 10.0. The fourth-order valence-corrected chi connectivity index (χ4v) is 3.67. The van der Waals surface area contributed by atoms with Gasteiger partial charge in [-0.15, -0.1) is 0 Å². The maximum absolute atomic E-state index is 13.3. The van der Waals surface area contributed by atoms with Crippen LogP contribution < -0.4 is 9.64 Å². The maximum Gasteiger partial charge on any atom is 0.340 e. The Bertz CT molecular complexity index is 1200. The molecule has 0 saturated heterocycles. The molecule has 32 heavy (non-hydrogen) atoms. The van der Waals surface area contributed by atoms with E-state index in [9.17, 15) is 9.59 Å². The first-order chi connectivity index (χ1) is 15.6. The Morgan fingerprint density at radius 1 is 0.938 bits per heavy atom. The minimum absolute atomic E-state index is 0.261. The van der Waals surface area contributed by atoms with Gasteiger partial charge in [-0.05, 0) is 48.4 Å². The first kappa shape index (κ1) is 21.1. The Hall–Kier alpha value is -4.12. The Labute approximate surface area is 187 Å². The molecule has 1 heterocycles. The van der Waals surface area contributed by atoms with Gasteiger partial charge in [-0.2, -0.15) is 0 Å². The van der Waals surface area contributed by atoms with E-state index in [1.54, 1.807) is 13.0 Å². The van der Waals surface area contributed by atoms with Crippen molar-refractivity contribution in [1.29, 1.82) is 0 Å². The molecule has 0 aromatic heterocycles. The summed E-state index contributed by atoms with van der Waals surface area (Å²) >= 11 is 0. The molecule has 0 N–H and O–H groups in total. The van der Waals surface area contributed by atoms with Crippen LogP contribution in [0, 0.1) is 0 Å². The molecule has 5 nitrogen and oxygen atoms in total. The van der Waals surface area contributed by atoms with Gasteiger partial charge in [0.1, 0.15) is 12.4 Å². The largest absolute Gasteiger partial charge is 0.489 e. The van der Waals surface area contributed by atoms with Gasteiger partial charge in [-0.25, -0.2) is 4.79 Å². The van der Waals surface area contributed by atoms with Crippen LogP contribution in [-0.4, -0.2) is 19.0 Å². The highest BCUT2D eigenvalue weighted by Gasteiger charge is 2.37. The highest BCUT2D eigenvalue weighted by atomic mass is 16.5. The number of nitrogens with zero attached hydrogens (tertiary/aromatic N) is 1. The van der Waals surface area contributed by atoms with Crippen molar-refractivity contribution in [1.82, 2.24) is 0 Å². The summed E-state index contributed by atoms with van der Waals surface area (Å²) in [6.07, 6.45) is 1.70. The second kappa shape index (κ2) is 9.35. The van der Waals surface area contributed by atoms with Gasteiger partial charge < -0.3 is 9.47 Å². The van der Waals surface area contributed by atoms with Gasteiger partial charge in [0.05, 0.1) is 18.3 Å². The Morgan fingerprint density at radius 3 is 2.31 bits per heavy atom. The molecule has 0 saturated carbocycles. The molecule has 3 aromatic rings. The number of hydrogen-bond donors (Lipinski definition) is 0. The van der Waals surface area contributed by atoms with Gasteiger partial charge in [-0.1, -0.05) is 60.7 Å². The van der Waals surface area contributed by atoms with Crippen molar-refractivity contribution in [3.63, 3.8) is 0 Å². The molecule has 0 fully saturated rings. The minimum atomic E-state index is -0.544. The monoisotopic (exact) mass is 425 g/mol. The number of rotatable bonds is 6. The van der Waals surface area contributed by atoms with E-state index in [1.807, 2.05) is 84.9 Å². The highest BCUT2D eigenvalue weighted by Crippen LogP contribution is 2.35. The van der Waals surface area contributed by atoms with Crippen molar-refractivity contribution in [3.8, 4) is 5.75 Å². The van der Waals surface area contributed by atoms with Crippen LogP contribution in [-0.2, 0) is 20.9 Å². The zero-order valence-electron chi connectivity index (χ0n) is 17.9. The van der Waals surface area contributed by atoms with Gasteiger partial charge in [0.25, 0.3) is 5.91 Å². The lowest BCUT2D eigenvalue weighted by molar-refractivity contribution is -0.136. The average Bonchev–Trinajstić information content (AvgIpc) is 3.08. The van der Waals surface area contributed by atoms with Crippen molar-refractivity contribution in [3.05, 3.63) is 113 Å². The fourth-order valence-electron chi connectivity index (χ4n) is 3.67. The molecule has 1 amide bonds. The Balaban J connectivity index is 1.66. The van der Waals surface area contributed by atoms with E-state index in [0.717, 1.165) is 11.1 Å². The average molecular weight is 425 g/mol. The third kappa shape index (κ3) is 4.32. The summed E-state index contributed by atoms with van der Waals surface area (Å²) in [5.74, 6) is -0.143. The Morgan fingerprint density at radius 2 is 1.62 bits per heavy atom. The SMILES string of the molecule is COC(=O)C1=C(C)N(c2ccccc2)C(=O)/C1=C\c1cccc(OCc2ccccc2)c1. The molecule has 4 rings (SSSR count). The highest BCUT2D eigenvalue weighted by molar-refractivity contribution is 6.23. The van der Waals surface area contributed by atoms with Crippen LogP contribution in [0.2, 0.25) is 0 Å². The van der Waals surface area contributed by atoms with Crippen molar-refractivity contribution in [2.24, 2.45) is 0 Å². The van der Waals surface area contributed by atoms with Gasteiger partial charge in [0.15, 0.2) is 0 Å². The summed E-state index contributed by atoms with van der Waals surface area (Å²) in [5, 5.41) is 0. The van der Waals surface area contributed by atoms with Crippen LogP contribution in [0.4, 0.5) is 5.69 Å². The van der Waals surface area contributed by atoms with Gasteiger partial charge in [-0.3, -0.25) is 9.69 Å². The third-order valence-corrected chi connectivity index (χ3v) is 5.22. The molecular weight excluding hydrogens is 402 g/mol. The first-order valence-corrected chi connectivity index (χ1v) is 10.3. The summed E-state index contributed by atoms with van der Waals surface area (Å²) in [7, 11) is 1.31. The molecule has 0 radical (unpaired) electrons. The van der Waals surface area contributed by atoms with E-state index in [4.69, 9.17) is 9.47 Å². The number of allylic oxidation sites excluding steroid dienone is 1. The number of carbonyl (C=O) groups is 2. The molecule has 160 valence electrons. The van der Waals surface area contributed by atoms with Gasteiger partial charge in [0, 0.05) is 11.4 Å². The molecule has 1 aliphatic rings. The predicted molar refractivity (Wildman–Crippen MR) is 124 cm³/mol. The maximum atomic E-state index is 13.3. The third-order valence-electron chi connectivity index (χ3n) is 5.22. The molecular formula is C27H23NO4. The standard InChI is InChI=1S/C27H23NO4/c1-19-25(27(30)31-2)24(26(29)28(19)22-13-7-4-8-14-22)17-21-12-9-15-23(16-21)32-18-20-10-5-3-6-11-20/h3-17H,18H2,1-2H3/b24-17-. The molecule has 0 unspecified atom stereocenters. The fraction of sp³-hybridized carbons (Fsp3) is 0.111. The summed E-state index contributed by atoms with van der Waals surface area (Å²) < 4.78 is 10.9. The van der Waals surface area contributed by atoms with Crippen LogP contribution in [0.1, 0.15) is 18.1 Å². The lowest BCUT2D eigenvalue weighted by Crippen LogP contribution is -2.24. The van der Waals surface area contributed by atoms with Crippen molar-refractivity contribution >= 4 is 23.6 Å². The first-order valence-electron chi connectivity index (χ1n) is 10.3. The van der Waals surface area contributed by atoms with E-state index < -0.39 is 5.97 Å². The van der Waals surface area contributed by atoms with E-state index >= 15 is 0 Å². The normalized spacial score (nSPS) is 14.8. The van der Waals surface area contributed by atoms with Crippen LogP contribution >= 0.6 is 0 Å². The van der Waals surface area contributed by atoms with Crippen LogP contribution in [0.5, 0.6) is 5.75 Å². The van der Waals surface area contributed by atoms with Crippen molar-refractivity contribution in [2.75, 3.05) is 12.0 Å². The number of para-hydroxylation sites is 1. The number of methoxy groups -OCH3 is 1. The number of ether oxygens (including phenoxy) is 2. The molecule has 0 atom stereocenters. The number of anilines is 1. The van der Waals surface area contributed by atoms with E-state index in [1.165, 1.54) is 12.0 Å². The summed E-state index contributed by atoms with van der Waals surface area (Å²) in [6.45, 7) is 2.19. The number of amides is 1. The summed E-state index contributed by atoms with van der Waals surface area (Å²) in [6, 6.07) is 26.6. The molecule has 0 spiro atoms. The minimum Gasteiger partial charge on any atom is -0.489 e. The van der Waals surface area contributed by atoms with E-state index in [-0.39, 0.29) is 11.5 Å². The zero-order valence-corrected chi connectivity index (χ0v) is 17.9. The van der Waals surface area contributed by atoms with E-state index in [2.05, 4.69) is 0 Å². The van der Waals surface area contributed by atoms with Crippen molar-refractivity contribution in [2.45, 2.75) is 13.5 Å². The number of benzene rings is 3. The van der Waals surface area contributed by atoms with Crippen LogP contribution in [0.3, 0.4) is 0 Å². The molecule has 5 heteroatoms. The summed E-state index contributed by atoms with van der Waals surface area (Å²) in [4.78, 5) is 27.4. The topological polar surface area (TPSA) is 55.8 Å². The van der Waals surface area contributed by atoms with Crippen molar-refractivity contribution < 1.29 is 19.1 Å². The van der Waals surface area contributed by atoms with Gasteiger partial charge in [0.2, 0.25) is 0 Å². The molecule has 0 bridgehead atoms. The smallest absolute Gasteiger partial charge is 0.340 e. The quantitative estimate of drug-likeness (QED) is 0.405.